The Morgan fingerprint density at radius 3 is 2.59 bits per heavy atom. The Balaban J connectivity index is 2.40. The molecule has 0 aliphatic rings. The van der Waals surface area contributed by atoms with Gasteiger partial charge < -0.3 is 14.8 Å². The Hall–Kier alpha value is -0.580. The van der Waals surface area contributed by atoms with Crippen molar-refractivity contribution in [1.82, 2.24) is 19.8 Å². The summed E-state index contributed by atoms with van der Waals surface area (Å²) in [5.41, 5.74) is 0.248. The van der Waals surface area contributed by atoms with Crippen molar-refractivity contribution in [1.29, 1.82) is 0 Å². The first-order valence-corrected chi connectivity index (χ1v) is 6.21. The second kappa shape index (κ2) is 5.85. The lowest BCUT2D eigenvalue weighted by Gasteiger charge is -2.28. The van der Waals surface area contributed by atoms with Crippen molar-refractivity contribution < 1.29 is 0 Å². The normalized spacial score (nSPS) is 12.4. The van der Waals surface area contributed by atoms with Crippen LogP contribution in [-0.2, 0) is 13.6 Å². The molecule has 17 heavy (non-hydrogen) atoms. The molecule has 0 unspecified atom stereocenters. The van der Waals surface area contributed by atoms with E-state index in [-0.39, 0.29) is 5.41 Å². The first-order chi connectivity index (χ1) is 7.82. The SMILES string of the molecule is CN(C)CC(C)(C)CNCc1ncc(Cl)n1C. The predicted octanol–water partition coefficient (Wildman–Crippen LogP) is 1.75. The lowest BCUT2D eigenvalue weighted by molar-refractivity contribution is 0.231. The van der Waals surface area contributed by atoms with Crippen molar-refractivity contribution in [3.63, 3.8) is 0 Å². The van der Waals surface area contributed by atoms with Gasteiger partial charge in [-0.3, -0.25) is 0 Å². The van der Waals surface area contributed by atoms with Gasteiger partial charge in [0.1, 0.15) is 11.0 Å². The van der Waals surface area contributed by atoms with Gasteiger partial charge in [0.05, 0.1) is 12.7 Å². The molecule has 1 aromatic heterocycles. The number of halogens is 1. The minimum Gasteiger partial charge on any atom is -0.321 e. The maximum absolute atomic E-state index is 5.93. The second-order valence-corrected chi connectivity index (χ2v) is 5.95. The number of rotatable bonds is 6. The fourth-order valence-corrected chi connectivity index (χ4v) is 2.16. The quantitative estimate of drug-likeness (QED) is 0.844. The number of aromatic nitrogens is 2. The fourth-order valence-electron chi connectivity index (χ4n) is 2.01. The first kappa shape index (κ1) is 14.5. The molecule has 98 valence electrons. The molecule has 0 fully saturated rings. The van der Waals surface area contributed by atoms with Gasteiger partial charge >= 0.3 is 0 Å². The lowest BCUT2D eigenvalue weighted by atomic mass is 9.93. The molecular weight excluding hydrogens is 236 g/mol. The number of imidazole rings is 1. The van der Waals surface area contributed by atoms with E-state index in [2.05, 4.69) is 43.1 Å². The highest BCUT2D eigenvalue weighted by atomic mass is 35.5. The van der Waals surface area contributed by atoms with Gasteiger partial charge in [0.25, 0.3) is 0 Å². The average Bonchev–Trinajstić information content (AvgIpc) is 2.47. The van der Waals surface area contributed by atoms with Crippen molar-refractivity contribution in [2.45, 2.75) is 20.4 Å². The van der Waals surface area contributed by atoms with Crippen molar-refractivity contribution in [3.05, 3.63) is 17.2 Å². The van der Waals surface area contributed by atoms with Crippen LogP contribution in [0.1, 0.15) is 19.7 Å². The van der Waals surface area contributed by atoms with E-state index in [1.165, 1.54) is 0 Å². The van der Waals surface area contributed by atoms with Crippen LogP contribution in [-0.4, -0.2) is 41.6 Å². The number of hydrogen-bond donors (Lipinski definition) is 1. The summed E-state index contributed by atoms with van der Waals surface area (Å²) in [6.45, 7) is 7.27. The molecule has 1 heterocycles. The van der Waals surface area contributed by atoms with E-state index in [0.717, 1.165) is 25.5 Å². The molecule has 0 amide bonds. The third kappa shape index (κ3) is 4.66. The van der Waals surface area contributed by atoms with Gasteiger partial charge in [0, 0.05) is 20.1 Å². The van der Waals surface area contributed by atoms with E-state index in [1.807, 2.05) is 11.6 Å². The average molecular weight is 259 g/mol. The number of hydrogen-bond acceptors (Lipinski definition) is 3. The smallest absolute Gasteiger partial charge is 0.128 e. The number of nitrogens with one attached hydrogen (secondary N) is 1. The first-order valence-electron chi connectivity index (χ1n) is 5.83. The minimum absolute atomic E-state index is 0.248. The van der Waals surface area contributed by atoms with Crippen molar-refractivity contribution >= 4 is 11.6 Å². The van der Waals surface area contributed by atoms with Gasteiger partial charge in [-0.05, 0) is 19.5 Å². The topological polar surface area (TPSA) is 33.1 Å². The maximum atomic E-state index is 5.93. The van der Waals surface area contributed by atoms with Crippen LogP contribution >= 0.6 is 11.6 Å². The Kier molecular flexibility index (Phi) is 4.98. The van der Waals surface area contributed by atoms with Crippen LogP contribution in [0.5, 0.6) is 0 Å². The van der Waals surface area contributed by atoms with Crippen molar-refractivity contribution in [2.24, 2.45) is 12.5 Å². The molecule has 1 rings (SSSR count). The van der Waals surface area contributed by atoms with E-state index in [0.29, 0.717) is 5.15 Å². The predicted molar refractivity (Wildman–Crippen MR) is 72.3 cm³/mol. The molecule has 5 heteroatoms. The molecule has 4 nitrogen and oxygen atoms in total. The molecule has 0 saturated carbocycles. The highest BCUT2D eigenvalue weighted by molar-refractivity contribution is 6.29. The zero-order valence-electron chi connectivity index (χ0n) is 11.4. The molecule has 0 bridgehead atoms. The molecule has 0 atom stereocenters. The summed E-state index contributed by atoms with van der Waals surface area (Å²) in [5.74, 6) is 0.968. The van der Waals surface area contributed by atoms with Gasteiger partial charge in [-0.1, -0.05) is 25.4 Å². The molecule has 0 spiro atoms. The highest BCUT2D eigenvalue weighted by Crippen LogP contribution is 2.15. The van der Waals surface area contributed by atoms with Crippen LogP contribution < -0.4 is 5.32 Å². The van der Waals surface area contributed by atoms with Gasteiger partial charge in [-0.25, -0.2) is 4.98 Å². The van der Waals surface area contributed by atoms with Crippen LogP contribution in [0.2, 0.25) is 5.15 Å². The standard InChI is InChI=1S/C12H23ClN4/c1-12(2,9-16(3)4)8-14-7-11-15-6-10(13)17(11)5/h6,14H,7-9H2,1-5H3. The Bertz CT molecular complexity index is 357. The molecular formula is C12H23ClN4. The van der Waals surface area contributed by atoms with Crippen LogP contribution in [0, 0.1) is 5.41 Å². The summed E-state index contributed by atoms with van der Waals surface area (Å²) in [4.78, 5) is 6.46. The van der Waals surface area contributed by atoms with E-state index < -0.39 is 0 Å². The molecule has 1 aromatic rings. The molecule has 1 N–H and O–H groups in total. The van der Waals surface area contributed by atoms with Crippen LogP contribution in [0.25, 0.3) is 0 Å². The molecule has 0 radical (unpaired) electrons. The van der Waals surface area contributed by atoms with Crippen LogP contribution in [0.15, 0.2) is 6.20 Å². The zero-order chi connectivity index (χ0) is 13.1. The van der Waals surface area contributed by atoms with E-state index >= 15 is 0 Å². The van der Waals surface area contributed by atoms with Gasteiger partial charge in [-0.15, -0.1) is 0 Å². The molecule has 0 aliphatic carbocycles. The van der Waals surface area contributed by atoms with E-state index in [9.17, 15) is 0 Å². The summed E-state index contributed by atoms with van der Waals surface area (Å²) in [7, 11) is 6.12. The summed E-state index contributed by atoms with van der Waals surface area (Å²) < 4.78 is 1.90. The van der Waals surface area contributed by atoms with Crippen molar-refractivity contribution in [3.8, 4) is 0 Å². The summed E-state index contributed by atoms with van der Waals surface area (Å²) in [5, 5.41) is 4.11. The fraction of sp³-hybridized carbons (Fsp3) is 0.750. The zero-order valence-corrected chi connectivity index (χ0v) is 12.2. The van der Waals surface area contributed by atoms with Gasteiger partial charge in [0.2, 0.25) is 0 Å². The highest BCUT2D eigenvalue weighted by Gasteiger charge is 2.18. The van der Waals surface area contributed by atoms with Crippen molar-refractivity contribution in [2.75, 3.05) is 27.2 Å². The van der Waals surface area contributed by atoms with E-state index in [4.69, 9.17) is 11.6 Å². The Morgan fingerprint density at radius 2 is 2.12 bits per heavy atom. The monoisotopic (exact) mass is 258 g/mol. The number of nitrogens with zero attached hydrogens (tertiary/aromatic N) is 3. The molecule has 0 saturated heterocycles. The Labute approximate surface area is 109 Å². The Morgan fingerprint density at radius 1 is 1.47 bits per heavy atom. The third-order valence-corrected chi connectivity index (χ3v) is 3.01. The largest absolute Gasteiger partial charge is 0.321 e. The maximum Gasteiger partial charge on any atom is 0.128 e. The van der Waals surface area contributed by atoms with Gasteiger partial charge in [-0.2, -0.15) is 0 Å². The molecule has 0 aliphatic heterocycles. The summed E-state index contributed by atoms with van der Waals surface area (Å²) in [6, 6.07) is 0. The lowest BCUT2D eigenvalue weighted by Crippen LogP contribution is -2.37. The van der Waals surface area contributed by atoms with Gasteiger partial charge in [0.15, 0.2) is 0 Å². The summed E-state index contributed by atoms with van der Waals surface area (Å²) in [6.07, 6.45) is 1.68. The van der Waals surface area contributed by atoms with Crippen LogP contribution in [0.3, 0.4) is 0 Å². The van der Waals surface area contributed by atoms with Crippen LogP contribution in [0.4, 0.5) is 0 Å². The summed E-state index contributed by atoms with van der Waals surface area (Å²) >= 11 is 5.93. The third-order valence-electron chi connectivity index (χ3n) is 2.66. The minimum atomic E-state index is 0.248. The van der Waals surface area contributed by atoms with E-state index in [1.54, 1.807) is 6.20 Å². The molecule has 0 aromatic carbocycles. The second-order valence-electron chi connectivity index (χ2n) is 5.56.